The number of carbonyl (C=O) groups is 1. The minimum absolute atomic E-state index is 0.0352. The number of para-hydroxylation sites is 2. The Labute approximate surface area is 144 Å². The molecule has 0 saturated heterocycles. The summed E-state index contributed by atoms with van der Waals surface area (Å²) in [5.74, 6) is -0.362. The molecule has 1 aliphatic rings. The summed E-state index contributed by atoms with van der Waals surface area (Å²) in [7, 11) is -2.75. The molecule has 0 saturated carbocycles. The van der Waals surface area contributed by atoms with E-state index >= 15 is 0 Å². The molecule has 0 fully saturated rings. The van der Waals surface area contributed by atoms with Crippen LogP contribution < -0.4 is 9.04 Å². The van der Waals surface area contributed by atoms with E-state index in [2.05, 4.69) is 4.74 Å². The number of hydrogen-bond acceptors (Lipinski definition) is 5. The Morgan fingerprint density at radius 1 is 1.21 bits per heavy atom. The van der Waals surface area contributed by atoms with Gasteiger partial charge in [0.2, 0.25) is 6.10 Å². The SMILES string of the molecule is COC(=O)[C@H]1CN(S(=O)(=O)c2ccccc2Cl)c2ccccc2O1. The number of nitrogens with zero attached hydrogens (tertiary/aromatic N) is 1. The van der Waals surface area contributed by atoms with Crippen LogP contribution in [0.4, 0.5) is 5.69 Å². The first-order chi connectivity index (χ1) is 11.4. The van der Waals surface area contributed by atoms with Gasteiger partial charge < -0.3 is 9.47 Å². The number of rotatable bonds is 3. The third-order valence-electron chi connectivity index (χ3n) is 3.60. The van der Waals surface area contributed by atoms with Crippen molar-refractivity contribution in [2.75, 3.05) is 18.0 Å². The topological polar surface area (TPSA) is 72.9 Å². The van der Waals surface area contributed by atoms with Gasteiger partial charge in [0, 0.05) is 0 Å². The molecule has 0 bridgehead atoms. The van der Waals surface area contributed by atoms with E-state index in [9.17, 15) is 13.2 Å². The zero-order valence-corrected chi connectivity index (χ0v) is 14.3. The van der Waals surface area contributed by atoms with Crippen LogP contribution in [-0.2, 0) is 19.6 Å². The third-order valence-corrected chi connectivity index (χ3v) is 5.88. The molecule has 0 radical (unpaired) electrons. The Morgan fingerprint density at radius 2 is 1.88 bits per heavy atom. The fourth-order valence-corrected chi connectivity index (χ4v) is 4.43. The monoisotopic (exact) mass is 367 g/mol. The van der Waals surface area contributed by atoms with Crippen LogP contribution in [0.15, 0.2) is 53.4 Å². The van der Waals surface area contributed by atoms with Crippen molar-refractivity contribution >= 4 is 33.3 Å². The van der Waals surface area contributed by atoms with Crippen LogP contribution in [0, 0.1) is 0 Å². The Balaban J connectivity index is 2.12. The van der Waals surface area contributed by atoms with E-state index in [1.807, 2.05) is 0 Å². The summed E-state index contributed by atoms with van der Waals surface area (Å²) in [5.41, 5.74) is 0.345. The molecule has 0 aliphatic carbocycles. The Morgan fingerprint density at radius 3 is 2.58 bits per heavy atom. The minimum atomic E-state index is -3.97. The maximum atomic E-state index is 13.1. The van der Waals surface area contributed by atoms with Crippen LogP contribution in [0.25, 0.3) is 0 Å². The third kappa shape index (κ3) is 2.81. The van der Waals surface area contributed by atoms with Gasteiger partial charge in [-0.3, -0.25) is 4.31 Å². The fraction of sp³-hybridized carbons (Fsp3) is 0.188. The van der Waals surface area contributed by atoms with Crippen molar-refractivity contribution in [2.24, 2.45) is 0 Å². The summed E-state index contributed by atoms with van der Waals surface area (Å²) >= 11 is 6.05. The number of anilines is 1. The lowest BCUT2D eigenvalue weighted by molar-refractivity contribution is -0.148. The Bertz CT molecular complexity index is 884. The van der Waals surface area contributed by atoms with E-state index in [-0.39, 0.29) is 22.2 Å². The maximum absolute atomic E-state index is 13.1. The summed E-state index contributed by atoms with van der Waals surface area (Å²) in [6.45, 7) is -0.197. The van der Waals surface area contributed by atoms with Crippen molar-refractivity contribution < 1.29 is 22.7 Å². The molecule has 24 heavy (non-hydrogen) atoms. The predicted molar refractivity (Wildman–Crippen MR) is 88.9 cm³/mol. The number of esters is 1. The molecule has 6 nitrogen and oxygen atoms in total. The molecular formula is C16H14ClNO5S. The molecule has 3 rings (SSSR count). The van der Waals surface area contributed by atoms with Gasteiger partial charge in [0.1, 0.15) is 10.6 Å². The highest BCUT2D eigenvalue weighted by Crippen LogP contribution is 2.38. The van der Waals surface area contributed by atoms with Gasteiger partial charge >= 0.3 is 5.97 Å². The molecule has 8 heteroatoms. The molecule has 0 unspecified atom stereocenters. The molecule has 2 aromatic carbocycles. The lowest BCUT2D eigenvalue weighted by Gasteiger charge is -2.34. The van der Waals surface area contributed by atoms with Crippen LogP contribution >= 0.6 is 11.6 Å². The van der Waals surface area contributed by atoms with Gasteiger partial charge in [-0.2, -0.15) is 0 Å². The Hall–Kier alpha value is -2.25. The van der Waals surface area contributed by atoms with Gasteiger partial charge in [-0.05, 0) is 24.3 Å². The van der Waals surface area contributed by atoms with Gasteiger partial charge in [0.15, 0.2) is 0 Å². The normalized spacial score (nSPS) is 16.9. The smallest absolute Gasteiger partial charge is 0.348 e. The van der Waals surface area contributed by atoms with Crippen molar-refractivity contribution in [3.05, 3.63) is 53.6 Å². The second-order valence-corrected chi connectivity index (χ2v) is 7.30. The number of benzene rings is 2. The Kier molecular flexibility index (Phi) is 4.38. The van der Waals surface area contributed by atoms with E-state index in [1.54, 1.807) is 36.4 Å². The summed E-state index contributed by atoms with van der Waals surface area (Å²) in [5, 5.41) is 0.107. The molecule has 2 aromatic rings. The second kappa shape index (κ2) is 6.33. The van der Waals surface area contributed by atoms with Crippen molar-refractivity contribution in [1.82, 2.24) is 0 Å². The number of hydrogen-bond donors (Lipinski definition) is 0. The first kappa shape index (κ1) is 16.6. The van der Waals surface area contributed by atoms with Gasteiger partial charge in [-0.1, -0.05) is 35.9 Å². The van der Waals surface area contributed by atoms with Crippen molar-refractivity contribution in [2.45, 2.75) is 11.0 Å². The molecule has 0 N–H and O–H groups in total. The van der Waals surface area contributed by atoms with Gasteiger partial charge in [0.25, 0.3) is 10.0 Å². The van der Waals surface area contributed by atoms with Crippen LogP contribution in [0.2, 0.25) is 5.02 Å². The number of sulfonamides is 1. The fourth-order valence-electron chi connectivity index (χ4n) is 2.46. The second-order valence-electron chi connectivity index (χ2n) is 5.06. The number of fused-ring (bicyclic) bond motifs is 1. The van der Waals surface area contributed by atoms with Crippen LogP contribution in [0.5, 0.6) is 5.75 Å². The molecule has 0 aromatic heterocycles. The molecule has 1 heterocycles. The van der Waals surface area contributed by atoms with Crippen LogP contribution in [0.3, 0.4) is 0 Å². The van der Waals surface area contributed by atoms with E-state index in [0.717, 1.165) is 4.31 Å². The van der Waals surface area contributed by atoms with E-state index in [0.29, 0.717) is 5.69 Å². The predicted octanol–water partition coefficient (Wildman–Crippen LogP) is 2.47. The first-order valence-corrected chi connectivity index (χ1v) is 8.87. The maximum Gasteiger partial charge on any atom is 0.348 e. The molecule has 126 valence electrons. The summed E-state index contributed by atoms with van der Waals surface area (Å²) in [6.07, 6.45) is -1.05. The number of ether oxygens (including phenoxy) is 2. The zero-order chi connectivity index (χ0) is 17.3. The number of halogens is 1. The highest BCUT2D eigenvalue weighted by atomic mass is 35.5. The number of carbonyl (C=O) groups excluding carboxylic acids is 1. The molecular weight excluding hydrogens is 354 g/mol. The van der Waals surface area contributed by atoms with E-state index in [4.69, 9.17) is 16.3 Å². The zero-order valence-electron chi connectivity index (χ0n) is 12.7. The lowest BCUT2D eigenvalue weighted by atomic mass is 10.2. The first-order valence-electron chi connectivity index (χ1n) is 7.06. The van der Waals surface area contributed by atoms with Crippen molar-refractivity contribution in [3.63, 3.8) is 0 Å². The molecule has 1 aliphatic heterocycles. The van der Waals surface area contributed by atoms with Crippen LogP contribution in [-0.4, -0.2) is 34.1 Å². The summed E-state index contributed by atoms with van der Waals surface area (Å²) in [6, 6.07) is 12.7. The molecule has 0 spiro atoms. The van der Waals surface area contributed by atoms with Crippen LogP contribution in [0.1, 0.15) is 0 Å². The van der Waals surface area contributed by atoms with Crippen molar-refractivity contribution in [3.8, 4) is 5.75 Å². The van der Waals surface area contributed by atoms with Crippen molar-refractivity contribution in [1.29, 1.82) is 0 Å². The average Bonchev–Trinajstić information content (AvgIpc) is 2.60. The highest BCUT2D eigenvalue weighted by Gasteiger charge is 2.38. The lowest BCUT2D eigenvalue weighted by Crippen LogP contribution is -2.47. The highest BCUT2D eigenvalue weighted by molar-refractivity contribution is 7.93. The van der Waals surface area contributed by atoms with Gasteiger partial charge in [-0.15, -0.1) is 0 Å². The number of methoxy groups -OCH3 is 1. The van der Waals surface area contributed by atoms with E-state index in [1.165, 1.54) is 19.2 Å². The standard InChI is InChI=1S/C16H14ClNO5S/c1-22-16(19)14-10-18(12-7-3-4-8-13(12)23-14)24(20,21)15-9-5-2-6-11(15)17/h2-9,14H,10H2,1H3/t14-/m1/s1. The minimum Gasteiger partial charge on any atom is -0.475 e. The van der Waals surface area contributed by atoms with E-state index < -0.39 is 22.1 Å². The largest absolute Gasteiger partial charge is 0.475 e. The summed E-state index contributed by atoms with van der Waals surface area (Å²) in [4.78, 5) is 11.8. The van der Waals surface area contributed by atoms with Gasteiger partial charge in [0.05, 0.1) is 24.4 Å². The molecule has 0 amide bonds. The summed E-state index contributed by atoms with van der Waals surface area (Å²) < 4.78 is 37.5. The quantitative estimate of drug-likeness (QED) is 0.779. The molecule has 1 atom stereocenters. The average molecular weight is 368 g/mol. The van der Waals surface area contributed by atoms with Gasteiger partial charge in [-0.25, -0.2) is 13.2 Å².